The highest BCUT2D eigenvalue weighted by Gasteiger charge is 2.34. The summed E-state index contributed by atoms with van der Waals surface area (Å²) in [6.45, 7) is 4.97. The average molecular weight is 317 g/mol. The lowest BCUT2D eigenvalue weighted by atomic mass is 10.1. The molecule has 0 aromatic carbocycles. The smallest absolute Gasteiger partial charge is 0.240 e. The van der Waals surface area contributed by atoms with E-state index in [9.17, 15) is 4.79 Å². The van der Waals surface area contributed by atoms with Gasteiger partial charge in [0.1, 0.15) is 0 Å². The molecule has 0 bridgehead atoms. The van der Waals surface area contributed by atoms with Crippen LogP contribution >= 0.6 is 23.7 Å². The molecule has 3 nitrogen and oxygen atoms in total. The summed E-state index contributed by atoms with van der Waals surface area (Å²) in [7, 11) is 0. The van der Waals surface area contributed by atoms with Crippen LogP contribution in [-0.4, -0.2) is 22.9 Å². The summed E-state index contributed by atoms with van der Waals surface area (Å²) in [4.78, 5) is 17.0. The average Bonchev–Trinajstić information content (AvgIpc) is 3.15. The van der Waals surface area contributed by atoms with Crippen LogP contribution in [0.4, 0.5) is 0 Å². The maximum Gasteiger partial charge on any atom is 0.240 e. The second kappa shape index (κ2) is 8.01. The van der Waals surface area contributed by atoms with Gasteiger partial charge < -0.3 is 10.6 Å². The molecule has 1 aromatic rings. The summed E-state index contributed by atoms with van der Waals surface area (Å²) in [5.74, 6) is 0.141. The Balaban J connectivity index is 0.00000200. The van der Waals surface area contributed by atoms with Gasteiger partial charge in [0, 0.05) is 15.8 Å². The number of hydrogen-bond donors (Lipinski definition) is 1. The molecule has 1 aliphatic rings. The van der Waals surface area contributed by atoms with Crippen LogP contribution in [0.5, 0.6) is 0 Å². The van der Waals surface area contributed by atoms with E-state index in [1.54, 1.807) is 11.3 Å². The van der Waals surface area contributed by atoms with Gasteiger partial charge >= 0.3 is 0 Å². The number of carbonyl (C=O) groups excluding carboxylic acids is 1. The van der Waals surface area contributed by atoms with Crippen molar-refractivity contribution < 1.29 is 4.79 Å². The van der Waals surface area contributed by atoms with Gasteiger partial charge in [-0.25, -0.2) is 0 Å². The zero-order valence-electron chi connectivity index (χ0n) is 12.3. The van der Waals surface area contributed by atoms with Crippen LogP contribution in [0.3, 0.4) is 0 Å². The van der Waals surface area contributed by atoms with Crippen LogP contribution in [0.15, 0.2) is 12.1 Å². The SMILES string of the molecule is CCCCC(N)C(=O)N(Cc1ccc(C)s1)C1CC1.Cl. The molecule has 1 aromatic heterocycles. The van der Waals surface area contributed by atoms with Gasteiger partial charge in [0.2, 0.25) is 5.91 Å². The van der Waals surface area contributed by atoms with Crippen molar-refractivity contribution >= 4 is 29.7 Å². The molecular weight excluding hydrogens is 292 g/mol. The van der Waals surface area contributed by atoms with Gasteiger partial charge in [-0.05, 0) is 38.3 Å². The normalized spacial score (nSPS) is 15.6. The van der Waals surface area contributed by atoms with Crippen LogP contribution in [0.1, 0.15) is 48.8 Å². The van der Waals surface area contributed by atoms with E-state index in [1.807, 2.05) is 4.90 Å². The molecular formula is C15H25ClN2OS. The largest absolute Gasteiger partial charge is 0.333 e. The van der Waals surface area contributed by atoms with Gasteiger partial charge in [0.25, 0.3) is 0 Å². The van der Waals surface area contributed by atoms with Crippen molar-refractivity contribution in [2.45, 2.75) is 64.6 Å². The van der Waals surface area contributed by atoms with Gasteiger partial charge in [0.05, 0.1) is 12.6 Å². The number of nitrogens with two attached hydrogens (primary N) is 1. The Hall–Kier alpha value is -0.580. The molecule has 1 unspecified atom stereocenters. The third-order valence-corrected chi connectivity index (χ3v) is 4.56. The van der Waals surface area contributed by atoms with Gasteiger partial charge in [0.15, 0.2) is 0 Å². The Bertz CT molecular complexity index is 431. The maximum absolute atomic E-state index is 12.4. The highest BCUT2D eigenvalue weighted by atomic mass is 35.5. The van der Waals surface area contributed by atoms with Crippen LogP contribution in [0.25, 0.3) is 0 Å². The van der Waals surface area contributed by atoms with Crippen LogP contribution in [0, 0.1) is 6.92 Å². The third-order valence-electron chi connectivity index (χ3n) is 3.58. The molecule has 20 heavy (non-hydrogen) atoms. The number of carbonyl (C=O) groups is 1. The van der Waals surface area contributed by atoms with E-state index in [0.717, 1.165) is 38.6 Å². The number of thiophene rings is 1. The summed E-state index contributed by atoms with van der Waals surface area (Å²) < 4.78 is 0. The Morgan fingerprint density at radius 2 is 2.20 bits per heavy atom. The molecule has 0 saturated heterocycles. The number of aryl methyl sites for hydroxylation is 1. The molecule has 114 valence electrons. The van der Waals surface area contributed by atoms with Crippen molar-refractivity contribution in [2.75, 3.05) is 0 Å². The molecule has 1 amide bonds. The topological polar surface area (TPSA) is 46.3 Å². The van der Waals surface area contributed by atoms with Crippen molar-refractivity contribution in [3.63, 3.8) is 0 Å². The number of amides is 1. The summed E-state index contributed by atoms with van der Waals surface area (Å²) in [5.41, 5.74) is 6.04. The molecule has 2 N–H and O–H groups in total. The molecule has 1 heterocycles. The maximum atomic E-state index is 12.4. The minimum absolute atomic E-state index is 0. The van der Waals surface area contributed by atoms with Gasteiger partial charge in [-0.15, -0.1) is 23.7 Å². The first kappa shape index (κ1) is 17.5. The van der Waals surface area contributed by atoms with E-state index < -0.39 is 0 Å². The molecule has 1 atom stereocenters. The van der Waals surface area contributed by atoms with Crippen molar-refractivity contribution in [3.8, 4) is 0 Å². The van der Waals surface area contributed by atoms with Crippen molar-refractivity contribution in [3.05, 3.63) is 21.9 Å². The van der Waals surface area contributed by atoms with Gasteiger partial charge in [-0.2, -0.15) is 0 Å². The minimum atomic E-state index is -0.318. The monoisotopic (exact) mass is 316 g/mol. The van der Waals surface area contributed by atoms with Crippen LogP contribution in [-0.2, 0) is 11.3 Å². The first-order chi connectivity index (χ1) is 9.11. The fourth-order valence-electron chi connectivity index (χ4n) is 2.27. The van der Waals surface area contributed by atoms with Gasteiger partial charge in [-0.1, -0.05) is 19.8 Å². The summed E-state index contributed by atoms with van der Waals surface area (Å²) in [5, 5.41) is 0. The Morgan fingerprint density at radius 3 is 2.70 bits per heavy atom. The standard InChI is InChI=1S/C15H24N2OS.ClH/c1-3-4-5-14(16)15(18)17(12-7-8-12)10-13-9-6-11(2)19-13;/h6,9,12,14H,3-5,7-8,10,16H2,1-2H3;1H. The number of nitrogens with zero attached hydrogens (tertiary/aromatic N) is 1. The zero-order chi connectivity index (χ0) is 13.8. The van der Waals surface area contributed by atoms with E-state index in [2.05, 4.69) is 26.0 Å². The minimum Gasteiger partial charge on any atom is -0.333 e. The fraction of sp³-hybridized carbons (Fsp3) is 0.667. The Labute approximate surface area is 131 Å². The first-order valence-corrected chi connectivity index (χ1v) is 8.04. The van der Waals surface area contributed by atoms with E-state index in [-0.39, 0.29) is 24.4 Å². The zero-order valence-corrected chi connectivity index (χ0v) is 13.9. The lowest BCUT2D eigenvalue weighted by Gasteiger charge is -2.25. The van der Waals surface area contributed by atoms with Crippen molar-refractivity contribution in [1.82, 2.24) is 4.90 Å². The summed E-state index contributed by atoms with van der Waals surface area (Å²) >= 11 is 1.77. The fourth-order valence-corrected chi connectivity index (χ4v) is 3.16. The molecule has 0 spiro atoms. The predicted octanol–water partition coefficient (Wildman–Crippen LogP) is 3.49. The first-order valence-electron chi connectivity index (χ1n) is 7.23. The highest BCUT2D eigenvalue weighted by Crippen LogP contribution is 2.30. The van der Waals surface area contributed by atoms with E-state index >= 15 is 0 Å². The molecule has 1 aliphatic carbocycles. The number of halogens is 1. The van der Waals surface area contributed by atoms with E-state index in [0.29, 0.717) is 6.04 Å². The van der Waals surface area contributed by atoms with E-state index in [4.69, 9.17) is 5.73 Å². The third kappa shape index (κ3) is 4.76. The quantitative estimate of drug-likeness (QED) is 0.837. The summed E-state index contributed by atoms with van der Waals surface area (Å²) in [6.07, 6.45) is 5.20. The Morgan fingerprint density at radius 1 is 1.50 bits per heavy atom. The van der Waals surface area contributed by atoms with Crippen LogP contribution in [0.2, 0.25) is 0 Å². The second-order valence-electron chi connectivity index (χ2n) is 5.46. The van der Waals surface area contributed by atoms with E-state index in [1.165, 1.54) is 9.75 Å². The highest BCUT2D eigenvalue weighted by molar-refractivity contribution is 7.11. The molecule has 1 saturated carbocycles. The number of hydrogen-bond acceptors (Lipinski definition) is 3. The molecule has 0 radical (unpaired) electrons. The second-order valence-corrected chi connectivity index (χ2v) is 6.83. The number of unbranched alkanes of at least 4 members (excludes halogenated alkanes) is 1. The predicted molar refractivity (Wildman–Crippen MR) is 87.4 cm³/mol. The number of rotatable bonds is 7. The van der Waals surface area contributed by atoms with Crippen molar-refractivity contribution in [2.24, 2.45) is 5.73 Å². The lowest BCUT2D eigenvalue weighted by Crippen LogP contribution is -2.44. The molecule has 2 rings (SSSR count). The summed E-state index contributed by atoms with van der Waals surface area (Å²) in [6, 6.07) is 4.36. The Kier molecular flexibility index (Phi) is 7.00. The van der Waals surface area contributed by atoms with Crippen LogP contribution < -0.4 is 5.73 Å². The van der Waals surface area contributed by atoms with Gasteiger partial charge in [-0.3, -0.25) is 4.79 Å². The van der Waals surface area contributed by atoms with Crippen molar-refractivity contribution in [1.29, 1.82) is 0 Å². The lowest BCUT2D eigenvalue weighted by molar-refractivity contribution is -0.134. The molecule has 5 heteroatoms. The molecule has 1 fully saturated rings. The molecule has 0 aliphatic heterocycles.